The van der Waals surface area contributed by atoms with Gasteiger partial charge in [-0.2, -0.15) is 0 Å². The number of amides is 2. The molecule has 5 nitrogen and oxygen atoms in total. The van der Waals surface area contributed by atoms with Crippen LogP contribution in [0, 0.1) is 5.82 Å². The monoisotopic (exact) mass is 363 g/mol. The van der Waals surface area contributed by atoms with E-state index in [0.717, 1.165) is 0 Å². The summed E-state index contributed by atoms with van der Waals surface area (Å²) in [7, 11) is 0. The second kappa shape index (κ2) is 8.62. The Bertz CT molecular complexity index is 945. The van der Waals surface area contributed by atoms with Crippen molar-refractivity contribution >= 4 is 28.9 Å². The Kier molecular flexibility index (Phi) is 5.79. The van der Waals surface area contributed by atoms with Gasteiger partial charge in [-0.1, -0.05) is 36.4 Å². The Morgan fingerprint density at radius 3 is 2.26 bits per heavy atom. The number of rotatable bonds is 6. The van der Waals surface area contributed by atoms with Gasteiger partial charge in [0.25, 0.3) is 5.91 Å². The topological polar surface area (TPSA) is 70.2 Å². The highest BCUT2D eigenvalue weighted by atomic mass is 19.1. The number of carbonyl (C=O) groups excluding carboxylic acids is 2. The fraction of sp³-hybridized carbons (Fsp3) is 0.0476. The van der Waals surface area contributed by atoms with Crippen molar-refractivity contribution in [3.05, 3.63) is 90.2 Å². The summed E-state index contributed by atoms with van der Waals surface area (Å²) in [6.07, 6.45) is 0. The van der Waals surface area contributed by atoms with Gasteiger partial charge in [0.1, 0.15) is 5.82 Å². The van der Waals surface area contributed by atoms with Crippen LogP contribution in [-0.4, -0.2) is 18.4 Å². The second-order valence-corrected chi connectivity index (χ2v) is 5.78. The number of halogens is 1. The molecule has 6 heteroatoms. The van der Waals surface area contributed by atoms with E-state index in [1.165, 1.54) is 12.1 Å². The van der Waals surface area contributed by atoms with Gasteiger partial charge in [0, 0.05) is 16.9 Å². The maximum atomic E-state index is 13.6. The van der Waals surface area contributed by atoms with Gasteiger partial charge in [0.2, 0.25) is 5.91 Å². The van der Waals surface area contributed by atoms with E-state index in [2.05, 4.69) is 16.0 Å². The molecule has 3 aromatic rings. The van der Waals surface area contributed by atoms with Crippen LogP contribution >= 0.6 is 0 Å². The molecule has 3 aromatic carbocycles. The zero-order valence-electron chi connectivity index (χ0n) is 14.4. The normalized spacial score (nSPS) is 10.1. The molecule has 136 valence electrons. The molecule has 0 bridgehead atoms. The fourth-order valence-electron chi connectivity index (χ4n) is 2.44. The average Bonchev–Trinajstić information content (AvgIpc) is 2.69. The van der Waals surface area contributed by atoms with Crippen LogP contribution in [0.25, 0.3) is 0 Å². The quantitative estimate of drug-likeness (QED) is 0.617. The van der Waals surface area contributed by atoms with E-state index in [0.29, 0.717) is 16.9 Å². The molecular weight excluding hydrogens is 345 g/mol. The standard InChI is InChI=1S/C21H18FN3O2/c22-18-11-4-5-12-19(18)25-20(26)14-23-16-9-6-10-17(13-16)24-21(27)15-7-2-1-3-8-15/h1-13,23H,14H2,(H,24,27)(H,25,26). The van der Waals surface area contributed by atoms with Crippen molar-refractivity contribution in [3.63, 3.8) is 0 Å². The molecule has 0 saturated carbocycles. The first-order chi connectivity index (χ1) is 13.1. The lowest BCUT2D eigenvalue weighted by Crippen LogP contribution is -2.22. The van der Waals surface area contributed by atoms with Crippen LogP contribution in [0.2, 0.25) is 0 Å². The smallest absolute Gasteiger partial charge is 0.255 e. The highest BCUT2D eigenvalue weighted by molar-refractivity contribution is 6.04. The van der Waals surface area contributed by atoms with Crippen molar-refractivity contribution in [3.8, 4) is 0 Å². The summed E-state index contributed by atoms with van der Waals surface area (Å²) in [5, 5.41) is 8.26. The molecule has 0 heterocycles. The van der Waals surface area contributed by atoms with Crippen molar-refractivity contribution < 1.29 is 14.0 Å². The Balaban J connectivity index is 1.57. The summed E-state index contributed by atoms with van der Waals surface area (Å²) >= 11 is 0. The summed E-state index contributed by atoms with van der Waals surface area (Å²) in [4.78, 5) is 24.2. The molecule has 0 aliphatic rings. The third kappa shape index (κ3) is 5.15. The number of para-hydroxylation sites is 1. The molecule has 0 atom stereocenters. The van der Waals surface area contributed by atoms with Crippen molar-refractivity contribution in [2.24, 2.45) is 0 Å². The number of benzene rings is 3. The first kappa shape index (κ1) is 18.1. The highest BCUT2D eigenvalue weighted by Crippen LogP contribution is 2.16. The number of hydrogen-bond acceptors (Lipinski definition) is 3. The van der Waals surface area contributed by atoms with Crippen LogP contribution < -0.4 is 16.0 Å². The molecule has 0 saturated heterocycles. The lowest BCUT2D eigenvalue weighted by Gasteiger charge is -2.10. The third-order valence-corrected chi connectivity index (χ3v) is 3.76. The Morgan fingerprint density at radius 1 is 0.778 bits per heavy atom. The van der Waals surface area contributed by atoms with Crippen LogP contribution in [0.1, 0.15) is 10.4 Å². The van der Waals surface area contributed by atoms with Crippen LogP contribution in [0.5, 0.6) is 0 Å². The van der Waals surface area contributed by atoms with Gasteiger partial charge >= 0.3 is 0 Å². The maximum absolute atomic E-state index is 13.6. The number of anilines is 3. The van der Waals surface area contributed by atoms with E-state index in [1.807, 2.05) is 6.07 Å². The van der Waals surface area contributed by atoms with Gasteiger partial charge < -0.3 is 16.0 Å². The summed E-state index contributed by atoms with van der Waals surface area (Å²) in [5.74, 6) is -1.08. The van der Waals surface area contributed by atoms with Crippen molar-refractivity contribution in [1.82, 2.24) is 0 Å². The van der Waals surface area contributed by atoms with E-state index in [4.69, 9.17) is 0 Å². The number of carbonyl (C=O) groups is 2. The predicted octanol–water partition coefficient (Wildman–Crippen LogP) is 4.13. The van der Waals surface area contributed by atoms with Crippen molar-refractivity contribution in [1.29, 1.82) is 0 Å². The van der Waals surface area contributed by atoms with Gasteiger partial charge in [-0.05, 0) is 42.5 Å². The first-order valence-electron chi connectivity index (χ1n) is 8.36. The molecule has 27 heavy (non-hydrogen) atoms. The zero-order chi connectivity index (χ0) is 19.1. The number of nitrogens with one attached hydrogen (secondary N) is 3. The van der Waals surface area contributed by atoms with Crippen LogP contribution in [0.15, 0.2) is 78.9 Å². The van der Waals surface area contributed by atoms with E-state index in [9.17, 15) is 14.0 Å². The highest BCUT2D eigenvalue weighted by Gasteiger charge is 2.08. The van der Waals surface area contributed by atoms with Gasteiger partial charge in [0.05, 0.1) is 12.2 Å². The van der Waals surface area contributed by atoms with Gasteiger partial charge in [-0.3, -0.25) is 9.59 Å². The Hall–Kier alpha value is -3.67. The van der Waals surface area contributed by atoms with Crippen molar-refractivity contribution in [2.75, 3.05) is 22.5 Å². The molecule has 3 N–H and O–H groups in total. The lowest BCUT2D eigenvalue weighted by molar-refractivity contribution is -0.114. The van der Waals surface area contributed by atoms with E-state index in [-0.39, 0.29) is 24.0 Å². The molecule has 0 unspecified atom stereocenters. The minimum atomic E-state index is -0.489. The Labute approximate surface area is 156 Å². The minimum absolute atomic E-state index is 0.0373. The Morgan fingerprint density at radius 2 is 1.48 bits per heavy atom. The molecule has 2 amide bonds. The van der Waals surface area contributed by atoms with Crippen LogP contribution in [-0.2, 0) is 4.79 Å². The third-order valence-electron chi connectivity index (χ3n) is 3.76. The summed E-state index contributed by atoms with van der Waals surface area (Å²) in [6, 6.07) is 21.9. The van der Waals surface area contributed by atoms with Crippen LogP contribution in [0.4, 0.5) is 21.5 Å². The van der Waals surface area contributed by atoms with E-state index < -0.39 is 5.82 Å². The zero-order valence-corrected chi connectivity index (χ0v) is 14.4. The predicted molar refractivity (Wildman–Crippen MR) is 104 cm³/mol. The molecule has 0 aromatic heterocycles. The SMILES string of the molecule is O=C(CNc1cccc(NC(=O)c2ccccc2)c1)Nc1ccccc1F. The molecule has 0 spiro atoms. The maximum Gasteiger partial charge on any atom is 0.255 e. The molecular formula is C21H18FN3O2. The fourth-order valence-corrected chi connectivity index (χ4v) is 2.44. The molecule has 0 aliphatic heterocycles. The molecule has 0 fully saturated rings. The second-order valence-electron chi connectivity index (χ2n) is 5.78. The van der Waals surface area contributed by atoms with Gasteiger partial charge in [-0.25, -0.2) is 4.39 Å². The summed E-state index contributed by atoms with van der Waals surface area (Å²) in [5.41, 5.74) is 1.95. The number of hydrogen-bond donors (Lipinski definition) is 3. The van der Waals surface area contributed by atoms with Gasteiger partial charge in [0.15, 0.2) is 0 Å². The molecule has 0 radical (unpaired) electrons. The van der Waals surface area contributed by atoms with E-state index in [1.54, 1.807) is 60.7 Å². The molecule has 0 aliphatic carbocycles. The van der Waals surface area contributed by atoms with Gasteiger partial charge in [-0.15, -0.1) is 0 Å². The summed E-state index contributed by atoms with van der Waals surface area (Å²) in [6.45, 7) is -0.0373. The first-order valence-corrected chi connectivity index (χ1v) is 8.36. The van der Waals surface area contributed by atoms with E-state index >= 15 is 0 Å². The average molecular weight is 363 g/mol. The minimum Gasteiger partial charge on any atom is -0.376 e. The van der Waals surface area contributed by atoms with Crippen LogP contribution in [0.3, 0.4) is 0 Å². The lowest BCUT2D eigenvalue weighted by atomic mass is 10.2. The van der Waals surface area contributed by atoms with Crippen molar-refractivity contribution in [2.45, 2.75) is 0 Å². The largest absolute Gasteiger partial charge is 0.376 e. The summed E-state index contributed by atoms with van der Waals surface area (Å²) < 4.78 is 13.6. The molecule has 3 rings (SSSR count).